The lowest BCUT2D eigenvalue weighted by atomic mass is 10.0. The second kappa shape index (κ2) is 4.38. The first kappa shape index (κ1) is 10.1. The zero-order valence-corrected chi connectivity index (χ0v) is 8.90. The quantitative estimate of drug-likeness (QED) is 0.771. The Bertz CT molecular complexity index is 321. The van der Waals surface area contributed by atoms with Gasteiger partial charge in [0.05, 0.1) is 6.26 Å². The third-order valence-electron chi connectivity index (χ3n) is 2.82. The van der Waals surface area contributed by atoms with E-state index >= 15 is 0 Å². The van der Waals surface area contributed by atoms with Crippen molar-refractivity contribution in [3.05, 3.63) is 18.4 Å². The minimum Gasteiger partial charge on any atom is -0.449 e. The molecule has 82 valence electrons. The Morgan fingerprint density at radius 2 is 2.47 bits per heavy atom. The molecule has 0 radical (unpaired) electrons. The van der Waals surface area contributed by atoms with Crippen LogP contribution in [0.1, 0.15) is 26.2 Å². The van der Waals surface area contributed by atoms with Gasteiger partial charge in [-0.25, -0.2) is 4.79 Å². The highest BCUT2D eigenvalue weighted by Crippen LogP contribution is 2.18. The van der Waals surface area contributed by atoms with Crippen molar-refractivity contribution in [1.82, 2.24) is 4.90 Å². The van der Waals surface area contributed by atoms with Crippen molar-refractivity contribution in [2.45, 2.75) is 32.2 Å². The Kier molecular flexibility index (Phi) is 2.94. The normalized spacial score (nSPS) is 21.4. The summed E-state index contributed by atoms with van der Waals surface area (Å²) in [6, 6.07) is 3.77. The first-order valence-electron chi connectivity index (χ1n) is 5.38. The van der Waals surface area contributed by atoms with Crippen LogP contribution in [0.2, 0.25) is 0 Å². The van der Waals surface area contributed by atoms with Gasteiger partial charge >= 0.3 is 6.03 Å². The van der Waals surface area contributed by atoms with Crippen LogP contribution in [0, 0.1) is 0 Å². The van der Waals surface area contributed by atoms with E-state index in [1.54, 1.807) is 18.4 Å². The lowest BCUT2D eigenvalue weighted by molar-refractivity contribution is 0.170. The molecular weight excluding hydrogens is 192 g/mol. The number of nitrogens with zero attached hydrogens (tertiary/aromatic N) is 1. The monoisotopic (exact) mass is 208 g/mol. The molecular formula is C11H16N2O2. The number of amides is 2. The molecule has 1 fully saturated rings. The van der Waals surface area contributed by atoms with Crippen LogP contribution in [-0.4, -0.2) is 23.5 Å². The van der Waals surface area contributed by atoms with E-state index < -0.39 is 0 Å². The number of hydrogen-bond acceptors (Lipinski definition) is 2. The van der Waals surface area contributed by atoms with Gasteiger partial charge in [-0.15, -0.1) is 0 Å². The highest BCUT2D eigenvalue weighted by Gasteiger charge is 2.23. The SMILES string of the molecule is CC1CCCCN1C(=O)Nc1ccco1. The van der Waals surface area contributed by atoms with Gasteiger partial charge < -0.3 is 9.32 Å². The number of anilines is 1. The fourth-order valence-electron chi connectivity index (χ4n) is 1.93. The Morgan fingerprint density at radius 1 is 1.60 bits per heavy atom. The molecule has 0 bridgehead atoms. The molecule has 15 heavy (non-hydrogen) atoms. The summed E-state index contributed by atoms with van der Waals surface area (Å²) in [6.45, 7) is 2.93. The molecule has 1 N–H and O–H groups in total. The van der Waals surface area contributed by atoms with Crippen molar-refractivity contribution in [3.8, 4) is 0 Å². The number of urea groups is 1. The Hall–Kier alpha value is -1.45. The summed E-state index contributed by atoms with van der Waals surface area (Å²) in [4.78, 5) is 13.7. The molecule has 1 aromatic rings. The highest BCUT2D eigenvalue weighted by molar-refractivity contribution is 5.88. The molecule has 0 spiro atoms. The van der Waals surface area contributed by atoms with Crippen LogP contribution in [0.4, 0.5) is 10.7 Å². The molecule has 1 unspecified atom stereocenters. The molecule has 4 nitrogen and oxygen atoms in total. The second-order valence-corrected chi connectivity index (χ2v) is 3.95. The van der Waals surface area contributed by atoms with Crippen molar-refractivity contribution in [3.63, 3.8) is 0 Å². The van der Waals surface area contributed by atoms with Gasteiger partial charge in [-0.05, 0) is 32.3 Å². The summed E-state index contributed by atoms with van der Waals surface area (Å²) in [5, 5.41) is 2.74. The highest BCUT2D eigenvalue weighted by atomic mass is 16.3. The van der Waals surface area contributed by atoms with Crippen molar-refractivity contribution < 1.29 is 9.21 Å². The Morgan fingerprint density at radius 3 is 3.13 bits per heavy atom. The third-order valence-corrected chi connectivity index (χ3v) is 2.82. The van der Waals surface area contributed by atoms with Crippen molar-refractivity contribution in [2.24, 2.45) is 0 Å². The molecule has 0 aromatic carbocycles. The van der Waals surface area contributed by atoms with E-state index in [0.717, 1.165) is 19.4 Å². The van der Waals surface area contributed by atoms with Crippen molar-refractivity contribution in [2.75, 3.05) is 11.9 Å². The van der Waals surface area contributed by atoms with Crippen LogP contribution in [0.25, 0.3) is 0 Å². The maximum Gasteiger partial charge on any atom is 0.324 e. The Labute approximate surface area is 89.2 Å². The summed E-state index contributed by atoms with van der Waals surface area (Å²) in [5.74, 6) is 0.512. The van der Waals surface area contributed by atoms with Gasteiger partial charge in [0, 0.05) is 18.7 Å². The number of piperidine rings is 1. The molecule has 2 rings (SSSR count). The molecule has 4 heteroatoms. The maximum absolute atomic E-state index is 11.8. The lowest BCUT2D eigenvalue weighted by Crippen LogP contribution is -2.44. The topological polar surface area (TPSA) is 45.5 Å². The molecule has 1 saturated heterocycles. The molecule has 0 aliphatic carbocycles. The first-order chi connectivity index (χ1) is 7.27. The van der Waals surface area contributed by atoms with Crippen molar-refractivity contribution in [1.29, 1.82) is 0 Å². The Balaban J connectivity index is 1.95. The van der Waals surface area contributed by atoms with Crippen LogP contribution in [0.3, 0.4) is 0 Å². The van der Waals surface area contributed by atoms with E-state index in [1.807, 2.05) is 4.90 Å². The minimum absolute atomic E-state index is 0.0582. The summed E-state index contributed by atoms with van der Waals surface area (Å²) in [6.07, 6.45) is 4.95. The molecule has 1 atom stereocenters. The van der Waals surface area contributed by atoms with E-state index in [2.05, 4.69) is 12.2 Å². The lowest BCUT2D eigenvalue weighted by Gasteiger charge is -2.32. The second-order valence-electron chi connectivity index (χ2n) is 3.95. The fraction of sp³-hybridized carbons (Fsp3) is 0.545. The van der Waals surface area contributed by atoms with Crippen molar-refractivity contribution >= 4 is 11.9 Å². The molecule has 1 aliphatic heterocycles. The van der Waals surface area contributed by atoms with Gasteiger partial charge in [0.1, 0.15) is 0 Å². The molecule has 2 amide bonds. The van der Waals surface area contributed by atoms with E-state index in [4.69, 9.17) is 4.42 Å². The van der Waals surface area contributed by atoms with Gasteiger partial charge in [0.15, 0.2) is 0 Å². The van der Waals surface area contributed by atoms with Crippen LogP contribution in [0.5, 0.6) is 0 Å². The van der Waals surface area contributed by atoms with Crippen LogP contribution < -0.4 is 5.32 Å². The van der Waals surface area contributed by atoms with E-state index in [-0.39, 0.29) is 6.03 Å². The standard InChI is InChI=1S/C11H16N2O2/c1-9-5-2-3-7-13(9)11(14)12-10-6-4-8-15-10/h4,6,8-9H,2-3,5,7H2,1H3,(H,12,14). The van der Waals surface area contributed by atoms with Gasteiger partial charge in [-0.1, -0.05) is 0 Å². The van der Waals surface area contributed by atoms with E-state index in [1.165, 1.54) is 6.42 Å². The van der Waals surface area contributed by atoms with Gasteiger partial charge in [-0.2, -0.15) is 0 Å². The summed E-state index contributed by atoms with van der Waals surface area (Å²) < 4.78 is 5.07. The average molecular weight is 208 g/mol. The zero-order valence-electron chi connectivity index (χ0n) is 8.90. The van der Waals surface area contributed by atoms with Gasteiger partial charge in [0.25, 0.3) is 0 Å². The predicted molar refractivity (Wildman–Crippen MR) is 57.7 cm³/mol. The molecule has 1 aliphatic rings. The van der Waals surface area contributed by atoms with E-state index in [9.17, 15) is 4.79 Å². The summed E-state index contributed by atoms with van der Waals surface area (Å²) >= 11 is 0. The third kappa shape index (κ3) is 2.32. The molecule has 2 heterocycles. The summed E-state index contributed by atoms with van der Waals surface area (Å²) in [5.41, 5.74) is 0. The predicted octanol–water partition coefficient (Wildman–Crippen LogP) is 2.69. The zero-order chi connectivity index (χ0) is 10.7. The van der Waals surface area contributed by atoms with Crippen LogP contribution in [0.15, 0.2) is 22.8 Å². The van der Waals surface area contributed by atoms with Gasteiger partial charge in [0.2, 0.25) is 5.88 Å². The number of likely N-dealkylation sites (tertiary alicyclic amines) is 1. The number of carbonyl (C=O) groups is 1. The smallest absolute Gasteiger partial charge is 0.324 e. The van der Waals surface area contributed by atoms with Crippen LogP contribution >= 0.6 is 0 Å². The molecule has 0 saturated carbocycles. The number of nitrogens with one attached hydrogen (secondary N) is 1. The maximum atomic E-state index is 11.8. The number of furan rings is 1. The number of carbonyl (C=O) groups excluding carboxylic acids is 1. The van der Waals surface area contributed by atoms with E-state index in [0.29, 0.717) is 11.9 Å². The average Bonchev–Trinajstić information content (AvgIpc) is 2.71. The summed E-state index contributed by atoms with van der Waals surface area (Å²) in [7, 11) is 0. The minimum atomic E-state index is -0.0582. The largest absolute Gasteiger partial charge is 0.449 e. The number of hydrogen-bond donors (Lipinski definition) is 1. The van der Waals surface area contributed by atoms with Gasteiger partial charge in [-0.3, -0.25) is 5.32 Å². The number of rotatable bonds is 1. The fourth-order valence-corrected chi connectivity index (χ4v) is 1.93. The first-order valence-corrected chi connectivity index (χ1v) is 5.38. The van der Waals surface area contributed by atoms with Crippen LogP contribution in [-0.2, 0) is 0 Å². The molecule has 1 aromatic heterocycles.